The third kappa shape index (κ3) is 1.77. The summed E-state index contributed by atoms with van der Waals surface area (Å²) in [5.41, 5.74) is 0.853. The van der Waals surface area contributed by atoms with Gasteiger partial charge in [-0.25, -0.2) is 4.39 Å². The summed E-state index contributed by atoms with van der Waals surface area (Å²) in [6.45, 7) is 1.59. The van der Waals surface area contributed by atoms with Crippen molar-refractivity contribution in [1.82, 2.24) is 0 Å². The first-order valence-electron chi connectivity index (χ1n) is 3.74. The standard InChI is InChI=1S/C9H10FNO2/c1-6-7(10)3-4-8(11-5-12)9(6)13-2/h3-5H,1-2H3,(H,11,12). The maximum atomic E-state index is 13.0. The molecule has 1 amide bonds. The lowest BCUT2D eigenvalue weighted by atomic mass is 10.2. The minimum absolute atomic E-state index is 0.353. The average Bonchev–Trinajstić information content (AvgIpc) is 2.12. The molecule has 0 aliphatic carbocycles. The van der Waals surface area contributed by atoms with E-state index in [1.165, 1.54) is 19.2 Å². The zero-order valence-corrected chi connectivity index (χ0v) is 7.43. The van der Waals surface area contributed by atoms with Crippen molar-refractivity contribution >= 4 is 12.1 Å². The summed E-state index contributed by atoms with van der Waals surface area (Å²) < 4.78 is 17.9. The summed E-state index contributed by atoms with van der Waals surface area (Å²) in [4.78, 5) is 10.2. The summed E-state index contributed by atoms with van der Waals surface area (Å²) in [7, 11) is 1.43. The van der Waals surface area contributed by atoms with Gasteiger partial charge in [0.2, 0.25) is 6.41 Å². The van der Waals surface area contributed by atoms with Gasteiger partial charge in [0, 0.05) is 5.56 Å². The van der Waals surface area contributed by atoms with Crippen molar-refractivity contribution in [1.29, 1.82) is 0 Å². The fourth-order valence-electron chi connectivity index (χ4n) is 1.11. The van der Waals surface area contributed by atoms with Crippen molar-refractivity contribution in [3.05, 3.63) is 23.5 Å². The van der Waals surface area contributed by atoms with Gasteiger partial charge in [-0.15, -0.1) is 0 Å². The van der Waals surface area contributed by atoms with E-state index in [0.717, 1.165) is 0 Å². The third-order valence-electron chi connectivity index (χ3n) is 1.76. The molecule has 70 valence electrons. The lowest BCUT2D eigenvalue weighted by molar-refractivity contribution is -0.105. The number of anilines is 1. The Morgan fingerprint density at radius 1 is 1.54 bits per heavy atom. The summed E-state index contributed by atoms with van der Waals surface area (Å²) in [6, 6.07) is 2.74. The van der Waals surface area contributed by atoms with Gasteiger partial charge < -0.3 is 10.1 Å². The van der Waals surface area contributed by atoms with Gasteiger partial charge in [0.25, 0.3) is 0 Å². The second kappa shape index (κ2) is 3.89. The second-order valence-electron chi connectivity index (χ2n) is 2.52. The molecule has 4 heteroatoms. The first-order valence-corrected chi connectivity index (χ1v) is 3.74. The highest BCUT2D eigenvalue weighted by molar-refractivity contribution is 5.76. The van der Waals surface area contributed by atoms with Crippen LogP contribution in [0.5, 0.6) is 5.75 Å². The van der Waals surface area contributed by atoms with E-state index in [-0.39, 0.29) is 5.82 Å². The number of ether oxygens (including phenoxy) is 1. The summed E-state index contributed by atoms with van der Waals surface area (Å²) in [5.74, 6) is 0.000369. The van der Waals surface area contributed by atoms with Gasteiger partial charge in [0.05, 0.1) is 12.8 Å². The summed E-state index contributed by atoms with van der Waals surface area (Å²) in [6.07, 6.45) is 0.523. The van der Waals surface area contributed by atoms with E-state index in [0.29, 0.717) is 23.4 Å². The van der Waals surface area contributed by atoms with Crippen molar-refractivity contribution in [2.75, 3.05) is 12.4 Å². The second-order valence-corrected chi connectivity index (χ2v) is 2.52. The molecule has 1 N–H and O–H groups in total. The molecule has 1 rings (SSSR count). The van der Waals surface area contributed by atoms with Crippen molar-refractivity contribution in [3.8, 4) is 5.75 Å². The quantitative estimate of drug-likeness (QED) is 0.724. The molecule has 0 aromatic heterocycles. The lowest BCUT2D eigenvalue weighted by Crippen LogP contribution is -2.00. The Morgan fingerprint density at radius 3 is 2.77 bits per heavy atom. The molecule has 0 unspecified atom stereocenters. The van der Waals surface area contributed by atoms with Gasteiger partial charge in [-0.05, 0) is 19.1 Å². The number of rotatable bonds is 3. The Hall–Kier alpha value is -1.58. The first-order chi connectivity index (χ1) is 6.20. The molecule has 0 aliphatic rings. The van der Waals surface area contributed by atoms with Gasteiger partial charge in [-0.1, -0.05) is 0 Å². The van der Waals surface area contributed by atoms with Crippen LogP contribution in [0.3, 0.4) is 0 Å². The Kier molecular flexibility index (Phi) is 2.84. The first kappa shape index (κ1) is 9.51. The molecule has 3 nitrogen and oxygen atoms in total. The van der Waals surface area contributed by atoms with E-state index in [1.807, 2.05) is 0 Å². The van der Waals surface area contributed by atoms with E-state index in [2.05, 4.69) is 5.32 Å². The van der Waals surface area contributed by atoms with Gasteiger partial charge in [0.1, 0.15) is 11.6 Å². The number of amides is 1. The zero-order chi connectivity index (χ0) is 9.84. The number of hydrogen-bond donors (Lipinski definition) is 1. The largest absolute Gasteiger partial charge is 0.494 e. The summed E-state index contributed by atoms with van der Waals surface area (Å²) in [5, 5.41) is 2.42. The molecule has 0 fully saturated rings. The van der Waals surface area contributed by atoms with Gasteiger partial charge in [-0.2, -0.15) is 0 Å². The van der Waals surface area contributed by atoms with Gasteiger partial charge in [0.15, 0.2) is 0 Å². The number of methoxy groups -OCH3 is 1. The van der Waals surface area contributed by atoms with Crippen LogP contribution in [-0.2, 0) is 4.79 Å². The molecule has 1 aromatic carbocycles. The van der Waals surface area contributed by atoms with Gasteiger partial charge in [-0.3, -0.25) is 4.79 Å². The number of carbonyl (C=O) groups excluding carboxylic acids is 1. The van der Waals surface area contributed by atoms with Crippen LogP contribution in [-0.4, -0.2) is 13.5 Å². The fourth-order valence-corrected chi connectivity index (χ4v) is 1.11. The molecular weight excluding hydrogens is 173 g/mol. The minimum atomic E-state index is -0.353. The van der Waals surface area contributed by atoms with Crippen LogP contribution in [0.1, 0.15) is 5.56 Å². The van der Waals surface area contributed by atoms with E-state index in [9.17, 15) is 9.18 Å². The predicted molar refractivity (Wildman–Crippen MR) is 47.4 cm³/mol. The van der Waals surface area contributed by atoms with Crippen LogP contribution in [0.4, 0.5) is 10.1 Å². The van der Waals surface area contributed by atoms with Crippen molar-refractivity contribution in [2.45, 2.75) is 6.92 Å². The van der Waals surface area contributed by atoms with Crippen molar-refractivity contribution in [3.63, 3.8) is 0 Å². The third-order valence-corrected chi connectivity index (χ3v) is 1.76. The number of nitrogens with one attached hydrogen (secondary N) is 1. The molecule has 0 aliphatic heterocycles. The Balaban J connectivity index is 3.20. The highest BCUT2D eigenvalue weighted by atomic mass is 19.1. The van der Waals surface area contributed by atoms with Crippen LogP contribution in [0.15, 0.2) is 12.1 Å². The maximum absolute atomic E-state index is 13.0. The lowest BCUT2D eigenvalue weighted by Gasteiger charge is -2.10. The maximum Gasteiger partial charge on any atom is 0.211 e. The monoisotopic (exact) mass is 183 g/mol. The summed E-state index contributed by atoms with van der Waals surface area (Å²) >= 11 is 0. The molecule has 1 aromatic rings. The van der Waals surface area contributed by atoms with Crippen molar-refractivity contribution in [2.24, 2.45) is 0 Å². The SMILES string of the molecule is COc1c(NC=O)ccc(F)c1C. The van der Waals surface area contributed by atoms with E-state index >= 15 is 0 Å². The molecule has 0 heterocycles. The van der Waals surface area contributed by atoms with Gasteiger partial charge >= 0.3 is 0 Å². The number of carbonyl (C=O) groups is 1. The van der Waals surface area contributed by atoms with E-state index in [4.69, 9.17) is 4.74 Å². The highest BCUT2D eigenvalue weighted by Crippen LogP contribution is 2.29. The molecule has 0 saturated heterocycles. The minimum Gasteiger partial charge on any atom is -0.494 e. The molecular formula is C9H10FNO2. The zero-order valence-electron chi connectivity index (χ0n) is 7.43. The Morgan fingerprint density at radius 2 is 2.23 bits per heavy atom. The predicted octanol–water partition coefficient (Wildman–Crippen LogP) is 1.71. The average molecular weight is 183 g/mol. The fraction of sp³-hybridized carbons (Fsp3) is 0.222. The topological polar surface area (TPSA) is 38.3 Å². The number of hydrogen-bond acceptors (Lipinski definition) is 2. The number of benzene rings is 1. The molecule has 13 heavy (non-hydrogen) atoms. The molecule has 0 radical (unpaired) electrons. The Bertz CT molecular complexity index is 326. The molecule has 0 bridgehead atoms. The van der Waals surface area contributed by atoms with Crippen LogP contribution in [0.25, 0.3) is 0 Å². The van der Waals surface area contributed by atoms with Crippen LogP contribution < -0.4 is 10.1 Å². The van der Waals surface area contributed by atoms with Crippen LogP contribution in [0, 0.1) is 12.7 Å². The van der Waals surface area contributed by atoms with Crippen molar-refractivity contribution < 1.29 is 13.9 Å². The normalized spacial score (nSPS) is 9.46. The molecule has 0 saturated carbocycles. The molecule has 0 atom stereocenters. The molecule has 0 spiro atoms. The van der Waals surface area contributed by atoms with Crippen LogP contribution in [0.2, 0.25) is 0 Å². The smallest absolute Gasteiger partial charge is 0.211 e. The Labute approximate surface area is 75.5 Å². The van der Waals surface area contributed by atoms with Crippen LogP contribution >= 0.6 is 0 Å². The highest BCUT2D eigenvalue weighted by Gasteiger charge is 2.09. The van der Waals surface area contributed by atoms with E-state index in [1.54, 1.807) is 6.92 Å². The van der Waals surface area contributed by atoms with E-state index < -0.39 is 0 Å². The number of halogens is 1.